The standard InChI is InChI=1S/C19H22N2O2S2/c1-13-4-8-16(9-5-13)25-11-10-20-19(24)21-17-12-15(18(22)23-3)7-6-14(17)2/h4-9,12H,10-11H2,1-3H3,(H2,20,21,24). The Hall–Kier alpha value is -2.05. The second-order valence-corrected chi connectivity index (χ2v) is 7.14. The lowest BCUT2D eigenvalue weighted by Crippen LogP contribution is -2.30. The van der Waals surface area contributed by atoms with Crippen molar-refractivity contribution in [1.29, 1.82) is 0 Å². The van der Waals surface area contributed by atoms with Gasteiger partial charge in [0.1, 0.15) is 0 Å². The Bertz CT molecular complexity index is 746. The summed E-state index contributed by atoms with van der Waals surface area (Å²) < 4.78 is 4.75. The van der Waals surface area contributed by atoms with E-state index in [1.165, 1.54) is 17.6 Å². The van der Waals surface area contributed by atoms with Crippen molar-refractivity contribution < 1.29 is 9.53 Å². The van der Waals surface area contributed by atoms with Crippen LogP contribution in [0.1, 0.15) is 21.5 Å². The van der Waals surface area contributed by atoms with E-state index in [0.717, 1.165) is 23.5 Å². The van der Waals surface area contributed by atoms with Gasteiger partial charge in [0, 0.05) is 22.9 Å². The van der Waals surface area contributed by atoms with Crippen LogP contribution in [-0.4, -0.2) is 30.5 Å². The van der Waals surface area contributed by atoms with E-state index in [2.05, 4.69) is 41.8 Å². The molecule has 0 fully saturated rings. The number of thiocarbonyl (C=S) groups is 1. The summed E-state index contributed by atoms with van der Waals surface area (Å²) in [7, 11) is 1.37. The number of thioether (sulfide) groups is 1. The van der Waals surface area contributed by atoms with Crippen molar-refractivity contribution in [2.24, 2.45) is 0 Å². The molecule has 4 nitrogen and oxygen atoms in total. The highest BCUT2D eigenvalue weighted by atomic mass is 32.2. The number of hydrogen-bond acceptors (Lipinski definition) is 4. The largest absolute Gasteiger partial charge is 0.465 e. The Kier molecular flexibility index (Phi) is 7.28. The van der Waals surface area contributed by atoms with Crippen molar-refractivity contribution in [3.8, 4) is 0 Å². The molecule has 0 radical (unpaired) electrons. The Morgan fingerprint density at radius 2 is 1.88 bits per heavy atom. The molecule has 0 saturated heterocycles. The van der Waals surface area contributed by atoms with E-state index in [1.807, 2.05) is 13.0 Å². The van der Waals surface area contributed by atoms with Gasteiger partial charge in [-0.2, -0.15) is 0 Å². The molecule has 2 rings (SSSR count). The van der Waals surface area contributed by atoms with Gasteiger partial charge in [-0.3, -0.25) is 0 Å². The zero-order chi connectivity index (χ0) is 18.2. The number of methoxy groups -OCH3 is 1. The van der Waals surface area contributed by atoms with E-state index < -0.39 is 0 Å². The fourth-order valence-corrected chi connectivity index (χ4v) is 3.12. The first-order chi connectivity index (χ1) is 12.0. The number of hydrogen-bond donors (Lipinski definition) is 2. The summed E-state index contributed by atoms with van der Waals surface area (Å²) in [5.74, 6) is 0.544. The number of nitrogens with one attached hydrogen (secondary N) is 2. The zero-order valence-electron chi connectivity index (χ0n) is 14.6. The molecule has 6 heteroatoms. The highest BCUT2D eigenvalue weighted by Gasteiger charge is 2.09. The Labute approximate surface area is 158 Å². The van der Waals surface area contributed by atoms with Crippen molar-refractivity contribution in [3.05, 3.63) is 59.2 Å². The summed E-state index contributed by atoms with van der Waals surface area (Å²) in [6, 6.07) is 13.8. The van der Waals surface area contributed by atoms with E-state index in [1.54, 1.807) is 23.9 Å². The van der Waals surface area contributed by atoms with Gasteiger partial charge in [-0.05, 0) is 55.9 Å². The van der Waals surface area contributed by atoms with E-state index in [4.69, 9.17) is 17.0 Å². The van der Waals surface area contributed by atoms with Crippen LogP contribution in [0.25, 0.3) is 0 Å². The molecule has 25 heavy (non-hydrogen) atoms. The first-order valence-electron chi connectivity index (χ1n) is 7.93. The predicted octanol–water partition coefficient (Wildman–Crippen LogP) is 4.17. The molecular weight excluding hydrogens is 352 g/mol. The van der Waals surface area contributed by atoms with Crippen LogP contribution in [0.15, 0.2) is 47.4 Å². The maximum Gasteiger partial charge on any atom is 0.337 e. The van der Waals surface area contributed by atoms with Crippen molar-refractivity contribution in [2.75, 3.05) is 24.7 Å². The van der Waals surface area contributed by atoms with Crippen molar-refractivity contribution in [1.82, 2.24) is 5.32 Å². The van der Waals surface area contributed by atoms with Gasteiger partial charge >= 0.3 is 5.97 Å². The summed E-state index contributed by atoms with van der Waals surface area (Å²) in [4.78, 5) is 12.9. The monoisotopic (exact) mass is 374 g/mol. The molecule has 0 unspecified atom stereocenters. The first kappa shape index (κ1) is 19.3. The van der Waals surface area contributed by atoms with Crippen LogP contribution in [0.2, 0.25) is 0 Å². The first-order valence-corrected chi connectivity index (χ1v) is 9.32. The van der Waals surface area contributed by atoms with Crippen LogP contribution in [0, 0.1) is 13.8 Å². The highest BCUT2D eigenvalue weighted by Crippen LogP contribution is 2.18. The molecule has 0 saturated carbocycles. The summed E-state index contributed by atoms with van der Waals surface area (Å²) in [5, 5.41) is 6.86. The van der Waals surface area contributed by atoms with Crippen molar-refractivity contribution in [2.45, 2.75) is 18.7 Å². The van der Waals surface area contributed by atoms with Crippen LogP contribution in [0.3, 0.4) is 0 Å². The number of benzene rings is 2. The lowest BCUT2D eigenvalue weighted by molar-refractivity contribution is 0.0601. The third-order valence-corrected chi connectivity index (χ3v) is 4.84. The highest BCUT2D eigenvalue weighted by molar-refractivity contribution is 7.99. The Balaban J connectivity index is 1.81. The van der Waals surface area contributed by atoms with Crippen LogP contribution in [0.5, 0.6) is 0 Å². The zero-order valence-corrected chi connectivity index (χ0v) is 16.2. The molecule has 2 N–H and O–H groups in total. The number of rotatable bonds is 6. The molecule has 0 atom stereocenters. The molecule has 2 aromatic rings. The molecule has 0 amide bonds. The van der Waals surface area contributed by atoms with E-state index in [9.17, 15) is 4.79 Å². The normalized spacial score (nSPS) is 10.2. The number of esters is 1. The average Bonchev–Trinajstić information content (AvgIpc) is 2.61. The third kappa shape index (κ3) is 6.07. The van der Waals surface area contributed by atoms with E-state index >= 15 is 0 Å². The molecule has 0 aromatic heterocycles. The maximum atomic E-state index is 11.6. The minimum Gasteiger partial charge on any atom is -0.465 e. The minimum absolute atomic E-state index is 0.364. The number of carbonyl (C=O) groups excluding carboxylic acids is 1. The van der Waals surface area contributed by atoms with Gasteiger partial charge in [0.15, 0.2) is 5.11 Å². The summed E-state index contributed by atoms with van der Waals surface area (Å²) in [6.45, 7) is 4.79. The summed E-state index contributed by atoms with van der Waals surface area (Å²) >= 11 is 7.11. The van der Waals surface area contributed by atoms with Gasteiger partial charge in [0.05, 0.1) is 12.7 Å². The van der Waals surface area contributed by atoms with Gasteiger partial charge in [-0.25, -0.2) is 4.79 Å². The fourth-order valence-electron chi connectivity index (χ4n) is 2.14. The third-order valence-electron chi connectivity index (χ3n) is 3.58. The molecule has 0 aliphatic rings. The van der Waals surface area contributed by atoms with Gasteiger partial charge in [-0.1, -0.05) is 23.8 Å². The summed E-state index contributed by atoms with van der Waals surface area (Å²) in [6.07, 6.45) is 0. The second kappa shape index (κ2) is 9.44. The predicted molar refractivity (Wildman–Crippen MR) is 109 cm³/mol. The van der Waals surface area contributed by atoms with Gasteiger partial charge in [0.25, 0.3) is 0 Å². The minimum atomic E-state index is -0.364. The molecular formula is C19H22N2O2S2. The van der Waals surface area contributed by atoms with Gasteiger partial charge in [-0.15, -0.1) is 11.8 Å². The summed E-state index contributed by atoms with van der Waals surface area (Å²) in [5.41, 5.74) is 3.56. The Morgan fingerprint density at radius 3 is 2.56 bits per heavy atom. The second-order valence-electron chi connectivity index (χ2n) is 5.56. The number of anilines is 1. The van der Waals surface area contributed by atoms with Crippen LogP contribution in [-0.2, 0) is 4.74 Å². The lowest BCUT2D eigenvalue weighted by Gasteiger charge is -2.13. The SMILES string of the molecule is COC(=O)c1ccc(C)c(NC(=S)NCCSc2ccc(C)cc2)c1. The number of aryl methyl sites for hydroxylation is 2. The van der Waals surface area contributed by atoms with E-state index in [-0.39, 0.29) is 5.97 Å². The van der Waals surface area contributed by atoms with Crippen molar-refractivity contribution >= 4 is 40.7 Å². The van der Waals surface area contributed by atoms with Gasteiger partial charge < -0.3 is 15.4 Å². The lowest BCUT2D eigenvalue weighted by atomic mass is 10.1. The molecule has 0 bridgehead atoms. The van der Waals surface area contributed by atoms with Gasteiger partial charge in [0.2, 0.25) is 0 Å². The average molecular weight is 375 g/mol. The molecule has 0 heterocycles. The quantitative estimate of drug-likeness (QED) is 0.343. The molecule has 2 aromatic carbocycles. The molecule has 0 aliphatic heterocycles. The van der Waals surface area contributed by atoms with Crippen LogP contribution in [0.4, 0.5) is 5.69 Å². The topological polar surface area (TPSA) is 50.4 Å². The van der Waals surface area contributed by atoms with Crippen molar-refractivity contribution in [3.63, 3.8) is 0 Å². The number of ether oxygens (including phenoxy) is 1. The van der Waals surface area contributed by atoms with E-state index in [0.29, 0.717) is 10.7 Å². The van der Waals surface area contributed by atoms with Crippen LogP contribution >= 0.6 is 24.0 Å². The fraction of sp³-hybridized carbons (Fsp3) is 0.263. The molecule has 132 valence electrons. The maximum absolute atomic E-state index is 11.6. The molecule has 0 aliphatic carbocycles. The smallest absolute Gasteiger partial charge is 0.337 e. The Morgan fingerprint density at radius 1 is 1.16 bits per heavy atom. The van der Waals surface area contributed by atoms with Crippen LogP contribution < -0.4 is 10.6 Å². The number of carbonyl (C=O) groups is 1. The molecule has 0 spiro atoms.